The molecule has 0 bridgehead atoms. The van der Waals surface area contributed by atoms with Crippen molar-refractivity contribution in [1.29, 1.82) is 0 Å². The molecule has 0 aliphatic carbocycles. The van der Waals surface area contributed by atoms with Gasteiger partial charge in [-0.05, 0) is 0 Å². The number of aromatic nitrogens is 4. The summed E-state index contributed by atoms with van der Waals surface area (Å²) in [4.78, 5) is 8.55. The molecule has 0 amide bonds. The summed E-state index contributed by atoms with van der Waals surface area (Å²) in [6.45, 7) is 6.07. The molecule has 0 unspecified atom stereocenters. The number of hydrogen-bond donors (Lipinski definition) is 1. The molecule has 0 fully saturated rings. The first-order valence-electron chi connectivity index (χ1n) is 6.35. The molecule has 0 aliphatic heterocycles. The highest BCUT2D eigenvalue weighted by molar-refractivity contribution is 4.99. The first kappa shape index (κ1) is 12.8. The average Bonchev–Trinajstić information content (AvgIpc) is 2.92. The van der Waals surface area contributed by atoms with Crippen molar-refractivity contribution in [2.24, 2.45) is 7.05 Å². The van der Waals surface area contributed by atoms with Crippen molar-refractivity contribution in [3.63, 3.8) is 0 Å². The zero-order valence-corrected chi connectivity index (χ0v) is 11.3. The van der Waals surface area contributed by atoms with Crippen LogP contribution in [0.4, 0.5) is 0 Å². The summed E-state index contributed by atoms with van der Waals surface area (Å²) in [6.07, 6.45) is 8.55. The SMILES string of the molecule is CC(C)NCc1cncn1CCc1nccn1C. The zero-order valence-electron chi connectivity index (χ0n) is 11.3. The van der Waals surface area contributed by atoms with Crippen molar-refractivity contribution in [3.05, 3.63) is 36.4 Å². The molecule has 1 N–H and O–H groups in total. The van der Waals surface area contributed by atoms with Crippen LogP contribution in [0.1, 0.15) is 25.4 Å². The predicted octanol–water partition coefficient (Wildman–Crippen LogP) is 1.36. The van der Waals surface area contributed by atoms with Gasteiger partial charge in [-0.25, -0.2) is 9.97 Å². The number of hydrogen-bond acceptors (Lipinski definition) is 3. The van der Waals surface area contributed by atoms with Gasteiger partial charge in [0.25, 0.3) is 0 Å². The Kier molecular flexibility index (Phi) is 4.15. The van der Waals surface area contributed by atoms with Crippen LogP contribution in [0.3, 0.4) is 0 Å². The Morgan fingerprint density at radius 1 is 1.39 bits per heavy atom. The second-order valence-corrected chi connectivity index (χ2v) is 4.82. The van der Waals surface area contributed by atoms with Gasteiger partial charge in [-0.3, -0.25) is 0 Å². The fourth-order valence-corrected chi connectivity index (χ4v) is 1.86. The van der Waals surface area contributed by atoms with E-state index in [1.807, 2.05) is 32.0 Å². The van der Waals surface area contributed by atoms with E-state index < -0.39 is 0 Å². The molecule has 0 spiro atoms. The van der Waals surface area contributed by atoms with Crippen molar-refractivity contribution in [2.75, 3.05) is 0 Å². The Hall–Kier alpha value is -1.62. The van der Waals surface area contributed by atoms with Gasteiger partial charge in [0.05, 0.1) is 12.0 Å². The number of nitrogens with zero attached hydrogens (tertiary/aromatic N) is 4. The Labute approximate surface area is 108 Å². The molecule has 2 rings (SSSR count). The van der Waals surface area contributed by atoms with E-state index >= 15 is 0 Å². The molecular formula is C13H21N5. The van der Waals surface area contributed by atoms with Gasteiger partial charge in [0.2, 0.25) is 0 Å². The Morgan fingerprint density at radius 3 is 2.89 bits per heavy atom. The van der Waals surface area contributed by atoms with E-state index in [2.05, 4.69) is 38.3 Å². The summed E-state index contributed by atoms with van der Waals surface area (Å²) in [5.41, 5.74) is 1.22. The summed E-state index contributed by atoms with van der Waals surface area (Å²) in [5.74, 6) is 1.10. The third-order valence-corrected chi connectivity index (χ3v) is 2.99. The zero-order chi connectivity index (χ0) is 13.0. The first-order valence-corrected chi connectivity index (χ1v) is 6.35. The lowest BCUT2D eigenvalue weighted by Crippen LogP contribution is -2.23. The van der Waals surface area contributed by atoms with Crippen LogP contribution in [-0.4, -0.2) is 25.1 Å². The molecular weight excluding hydrogens is 226 g/mol. The number of nitrogens with one attached hydrogen (secondary N) is 1. The maximum Gasteiger partial charge on any atom is 0.110 e. The van der Waals surface area contributed by atoms with Crippen molar-refractivity contribution in [2.45, 2.75) is 39.4 Å². The normalized spacial score (nSPS) is 11.3. The van der Waals surface area contributed by atoms with Gasteiger partial charge in [0.1, 0.15) is 5.82 Å². The van der Waals surface area contributed by atoms with Gasteiger partial charge in [0, 0.05) is 51.2 Å². The molecule has 0 radical (unpaired) electrons. The van der Waals surface area contributed by atoms with Crippen LogP contribution in [0.2, 0.25) is 0 Å². The summed E-state index contributed by atoms with van der Waals surface area (Å²) >= 11 is 0. The van der Waals surface area contributed by atoms with Crippen LogP contribution in [0.25, 0.3) is 0 Å². The largest absolute Gasteiger partial charge is 0.338 e. The topological polar surface area (TPSA) is 47.7 Å². The number of rotatable bonds is 6. The van der Waals surface area contributed by atoms with E-state index in [9.17, 15) is 0 Å². The third kappa shape index (κ3) is 3.20. The van der Waals surface area contributed by atoms with Gasteiger partial charge >= 0.3 is 0 Å². The molecule has 0 atom stereocenters. The van der Waals surface area contributed by atoms with Gasteiger partial charge in [-0.2, -0.15) is 0 Å². The molecule has 5 heteroatoms. The van der Waals surface area contributed by atoms with Crippen molar-refractivity contribution in [3.8, 4) is 0 Å². The molecule has 18 heavy (non-hydrogen) atoms. The summed E-state index contributed by atoms with van der Waals surface area (Å²) in [7, 11) is 2.03. The van der Waals surface area contributed by atoms with Crippen LogP contribution in [0.5, 0.6) is 0 Å². The van der Waals surface area contributed by atoms with E-state index in [-0.39, 0.29) is 0 Å². The first-order chi connectivity index (χ1) is 8.66. The lowest BCUT2D eigenvalue weighted by atomic mass is 10.3. The van der Waals surface area contributed by atoms with Gasteiger partial charge in [-0.1, -0.05) is 13.8 Å². The molecule has 0 aliphatic rings. The highest BCUT2D eigenvalue weighted by Crippen LogP contribution is 2.03. The van der Waals surface area contributed by atoms with Gasteiger partial charge < -0.3 is 14.5 Å². The Bertz CT molecular complexity index is 483. The van der Waals surface area contributed by atoms with Crippen molar-refractivity contribution in [1.82, 2.24) is 24.4 Å². The summed E-state index contributed by atoms with van der Waals surface area (Å²) < 4.78 is 4.24. The highest BCUT2D eigenvalue weighted by Gasteiger charge is 2.05. The monoisotopic (exact) mass is 247 g/mol. The van der Waals surface area contributed by atoms with Crippen LogP contribution in [0.15, 0.2) is 24.9 Å². The predicted molar refractivity (Wildman–Crippen MR) is 71.1 cm³/mol. The van der Waals surface area contributed by atoms with E-state index in [0.717, 1.165) is 25.3 Å². The highest BCUT2D eigenvalue weighted by atomic mass is 15.1. The van der Waals surface area contributed by atoms with E-state index in [1.54, 1.807) is 0 Å². The minimum atomic E-state index is 0.489. The van der Waals surface area contributed by atoms with E-state index in [1.165, 1.54) is 5.69 Å². The molecule has 5 nitrogen and oxygen atoms in total. The molecule has 2 heterocycles. The standard InChI is InChI=1S/C13H21N5/c1-11(2)16-9-12-8-14-10-18(12)6-4-13-15-5-7-17(13)3/h5,7-8,10-11,16H,4,6,9H2,1-3H3. The lowest BCUT2D eigenvalue weighted by molar-refractivity contribution is 0.549. The van der Waals surface area contributed by atoms with E-state index in [4.69, 9.17) is 0 Å². The molecule has 0 saturated carbocycles. The molecule has 2 aromatic rings. The maximum absolute atomic E-state index is 4.33. The van der Waals surface area contributed by atoms with Crippen LogP contribution in [0, 0.1) is 0 Å². The second-order valence-electron chi connectivity index (χ2n) is 4.82. The van der Waals surface area contributed by atoms with Crippen LogP contribution < -0.4 is 5.32 Å². The lowest BCUT2D eigenvalue weighted by Gasteiger charge is -2.11. The minimum Gasteiger partial charge on any atom is -0.338 e. The molecule has 0 saturated heterocycles. The third-order valence-electron chi connectivity index (χ3n) is 2.99. The molecule has 0 aromatic carbocycles. The number of aryl methyl sites for hydroxylation is 3. The minimum absolute atomic E-state index is 0.489. The van der Waals surface area contributed by atoms with Crippen molar-refractivity contribution >= 4 is 0 Å². The summed E-state index contributed by atoms with van der Waals surface area (Å²) in [6, 6.07) is 0.489. The smallest absolute Gasteiger partial charge is 0.110 e. The maximum atomic E-state index is 4.33. The fraction of sp³-hybridized carbons (Fsp3) is 0.538. The molecule has 2 aromatic heterocycles. The van der Waals surface area contributed by atoms with E-state index in [0.29, 0.717) is 6.04 Å². The molecule has 98 valence electrons. The van der Waals surface area contributed by atoms with Crippen LogP contribution in [-0.2, 0) is 26.6 Å². The van der Waals surface area contributed by atoms with Crippen molar-refractivity contribution < 1.29 is 0 Å². The quantitative estimate of drug-likeness (QED) is 0.838. The average molecular weight is 247 g/mol. The Balaban J connectivity index is 1.93. The summed E-state index contributed by atoms with van der Waals surface area (Å²) in [5, 5.41) is 3.41. The van der Waals surface area contributed by atoms with Gasteiger partial charge in [0.15, 0.2) is 0 Å². The Morgan fingerprint density at radius 2 is 2.22 bits per heavy atom. The fourth-order valence-electron chi connectivity index (χ4n) is 1.86. The number of imidazole rings is 2. The second kappa shape index (κ2) is 5.82. The van der Waals surface area contributed by atoms with Gasteiger partial charge in [-0.15, -0.1) is 0 Å². The van der Waals surface area contributed by atoms with Crippen LogP contribution >= 0.6 is 0 Å².